The van der Waals surface area contributed by atoms with Crippen LogP contribution >= 0.6 is 0 Å². The normalized spacial score (nSPS) is 22.1. The fourth-order valence-corrected chi connectivity index (χ4v) is 4.24. The van der Waals surface area contributed by atoms with Gasteiger partial charge in [-0.1, -0.05) is 0 Å². The van der Waals surface area contributed by atoms with Crippen LogP contribution in [0.5, 0.6) is 0 Å². The van der Waals surface area contributed by atoms with E-state index in [0.29, 0.717) is 5.92 Å². The molecular weight excluding hydrogens is 394 g/mol. The molecule has 0 spiro atoms. The van der Waals surface area contributed by atoms with E-state index >= 15 is 0 Å². The number of nitrogens with zero attached hydrogens (tertiary/aromatic N) is 5. The first-order valence-corrected chi connectivity index (χ1v) is 11.7. The highest BCUT2D eigenvalue weighted by Crippen LogP contribution is 2.24. The summed E-state index contributed by atoms with van der Waals surface area (Å²) >= 11 is 0. The van der Waals surface area contributed by atoms with Crippen molar-refractivity contribution < 1.29 is 9.53 Å². The summed E-state index contributed by atoms with van der Waals surface area (Å²) in [6.07, 6.45) is 5.00. The Morgan fingerprint density at radius 2 is 2.03 bits per heavy atom. The molecular formula is C22H39N7O2. The van der Waals surface area contributed by atoms with Crippen LogP contribution in [0, 0.1) is 12.8 Å². The lowest BCUT2D eigenvalue weighted by Gasteiger charge is -2.34. The molecule has 9 nitrogen and oxygen atoms in total. The van der Waals surface area contributed by atoms with Crippen molar-refractivity contribution in [3.8, 4) is 0 Å². The van der Waals surface area contributed by atoms with Gasteiger partial charge in [-0.15, -0.1) is 0 Å². The van der Waals surface area contributed by atoms with Crippen molar-refractivity contribution in [2.24, 2.45) is 10.9 Å². The Labute approximate surface area is 186 Å². The fraction of sp³-hybridized carbons (Fsp3) is 0.818. The maximum atomic E-state index is 12.4. The van der Waals surface area contributed by atoms with Gasteiger partial charge in [0.2, 0.25) is 0 Å². The minimum absolute atomic E-state index is 0.130. The van der Waals surface area contributed by atoms with Crippen molar-refractivity contribution in [2.45, 2.75) is 84.9 Å². The first-order chi connectivity index (χ1) is 14.7. The molecule has 9 heteroatoms. The molecule has 0 aromatic carbocycles. The van der Waals surface area contributed by atoms with Crippen molar-refractivity contribution in [1.29, 1.82) is 0 Å². The van der Waals surface area contributed by atoms with Crippen LogP contribution < -0.4 is 10.6 Å². The Balaban J connectivity index is 1.53. The van der Waals surface area contributed by atoms with E-state index in [0.717, 1.165) is 82.4 Å². The van der Waals surface area contributed by atoms with Crippen molar-refractivity contribution in [3.05, 3.63) is 11.6 Å². The van der Waals surface area contributed by atoms with Gasteiger partial charge in [0.15, 0.2) is 5.96 Å². The third-order valence-corrected chi connectivity index (χ3v) is 5.61. The number of rotatable bonds is 5. The van der Waals surface area contributed by atoms with Gasteiger partial charge in [-0.25, -0.2) is 14.5 Å². The number of hydrogen-bond donors (Lipinski definition) is 2. The number of ether oxygens (including phenoxy) is 1. The fourth-order valence-electron chi connectivity index (χ4n) is 4.24. The third-order valence-electron chi connectivity index (χ3n) is 5.61. The monoisotopic (exact) mass is 433 g/mol. The number of amides is 1. The molecule has 1 fully saturated rings. The summed E-state index contributed by atoms with van der Waals surface area (Å²) in [7, 11) is 0. The van der Waals surface area contributed by atoms with Gasteiger partial charge in [0.25, 0.3) is 0 Å². The standard InChI is InChI=1S/C22H39N7O2/c1-6-23-20(26-18-10-8-14-29-19(18)25-16(2)27-29)24-12-11-17-9-7-13-28(15-17)21(30)31-22(3,4)5/h17-18H,6-15H2,1-5H3,(H2,23,24,26). The van der Waals surface area contributed by atoms with Gasteiger partial charge in [-0.05, 0) is 72.6 Å². The number of piperidine rings is 1. The maximum Gasteiger partial charge on any atom is 0.410 e. The molecule has 0 saturated carbocycles. The predicted octanol–water partition coefficient (Wildman–Crippen LogP) is 3.01. The van der Waals surface area contributed by atoms with Crippen LogP contribution in [0.3, 0.4) is 0 Å². The number of guanidine groups is 1. The number of nitrogens with one attached hydrogen (secondary N) is 2. The Kier molecular flexibility index (Phi) is 7.78. The van der Waals surface area contributed by atoms with Gasteiger partial charge in [-0.2, -0.15) is 5.10 Å². The van der Waals surface area contributed by atoms with Crippen LogP contribution in [0.25, 0.3) is 0 Å². The summed E-state index contributed by atoms with van der Waals surface area (Å²) in [6.45, 7) is 13.7. The van der Waals surface area contributed by atoms with Crippen molar-refractivity contribution in [2.75, 3.05) is 26.2 Å². The average Bonchev–Trinajstić information content (AvgIpc) is 3.08. The van der Waals surface area contributed by atoms with Crippen LogP contribution in [-0.2, 0) is 11.3 Å². The SMILES string of the molecule is CCNC(=NCCC1CCCN(C(=O)OC(C)(C)C)C1)NC1CCCn2nc(C)nc21. The minimum Gasteiger partial charge on any atom is -0.444 e. The van der Waals surface area contributed by atoms with E-state index < -0.39 is 5.60 Å². The van der Waals surface area contributed by atoms with Gasteiger partial charge in [0, 0.05) is 32.7 Å². The second-order valence-electron chi connectivity index (χ2n) is 9.56. The van der Waals surface area contributed by atoms with Gasteiger partial charge in [-0.3, -0.25) is 4.99 Å². The highest BCUT2D eigenvalue weighted by molar-refractivity contribution is 5.80. The average molecular weight is 434 g/mol. The number of aryl methyl sites for hydroxylation is 2. The number of carbonyl (C=O) groups excluding carboxylic acids is 1. The summed E-state index contributed by atoms with van der Waals surface area (Å²) in [4.78, 5) is 23.7. The van der Waals surface area contributed by atoms with E-state index in [1.165, 1.54) is 0 Å². The zero-order valence-corrected chi connectivity index (χ0v) is 19.8. The van der Waals surface area contributed by atoms with Crippen LogP contribution in [-0.4, -0.2) is 63.5 Å². The summed E-state index contributed by atoms with van der Waals surface area (Å²) in [6, 6.07) is 0.130. The molecule has 31 heavy (non-hydrogen) atoms. The first kappa shape index (κ1) is 23.3. The molecule has 3 rings (SSSR count). The molecule has 174 valence electrons. The van der Waals surface area contributed by atoms with E-state index in [1.54, 1.807) is 0 Å². The van der Waals surface area contributed by atoms with Crippen LogP contribution in [0.2, 0.25) is 0 Å². The highest BCUT2D eigenvalue weighted by Gasteiger charge is 2.28. The Morgan fingerprint density at radius 3 is 2.77 bits per heavy atom. The molecule has 2 N–H and O–H groups in total. The molecule has 2 aliphatic heterocycles. The molecule has 0 bridgehead atoms. The second kappa shape index (κ2) is 10.3. The van der Waals surface area contributed by atoms with Crippen molar-refractivity contribution >= 4 is 12.1 Å². The maximum absolute atomic E-state index is 12.4. The number of carbonyl (C=O) groups is 1. The van der Waals surface area contributed by atoms with Gasteiger partial charge in [0.1, 0.15) is 17.2 Å². The largest absolute Gasteiger partial charge is 0.444 e. The molecule has 2 unspecified atom stereocenters. The lowest BCUT2D eigenvalue weighted by molar-refractivity contribution is 0.0163. The Bertz CT molecular complexity index is 768. The lowest BCUT2D eigenvalue weighted by atomic mass is 9.95. The Hall–Kier alpha value is -2.32. The van der Waals surface area contributed by atoms with E-state index in [2.05, 4.69) is 27.6 Å². The first-order valence-electron chi connectivity index (χ1n) is 11.7. The highest BCUT2D eigenvalue weighted by atomic mass is 16.6. The van der Waals surface area contributed by atoms with E-state index in [1.807, 2.05) is 37.3 Å². The topological polar surface area (TPSA) is 96.7 Å². The van der Waals surface area contributed by atoms with E-state index in [4.69, 9.17) is 9.73 Å². The minimum atomic E-state index is -0.456. The number of aliphatic imine (C=N–C) groups is 1. The van der Waals surface area contributed by atoms with Gasteiger partial charge >= 0.3 is 6.09 Å². The zero-order valence-electron chi connectivity index (χ0n) is 19.8. The summed E-state index contributed by atoms with van der Waals surface area (Å²) in [5.74, 6) is 3.09. The number of likely N-dealkylation sites (tertiary alicyclic amines) is 1. The molecule has 1 aromatic rings. The second-order valence-corrected chi connectivity index (χ2v) is 9.56. The van der Waals surface area contributed by atoms with Crippen LogP contribution in [0.15, 0.2) is 4.99 Å². The summed E-state index contributed by atoms with van der Waals surface area (Å²) in [5, 5.41) is 11.4. The number of aromatic nitrogens is 3. The third kappa shape index (κ3) is 6.83. The molecule has 1 amide bonds. The van der Waals surface area contributed by atoms with Crippen LogP contribution in [0.4, 0.5) is 4.79 Å². The smallest absolute Gasteiger partial charge is 0.410 e. The van der Waals surface area contributed by atoms with Crippen LogP contribution in [0.1, 0.15) is 77.5 Å². The van der Waals surface area contributed by atoms with Crippen molar-refractivity contribution in [1.82, 2.24) is 30.3 Å². The Morgan fingerprint density at radius 1 is 1.26 bits per heavy atom. The molecule has 2 atom stereocenters. The van der Waals surface area contributed by atoms with E-state index in [9.17, 15) is 4.79 Å². The molecule has 0 radical (unpaired) electrons. The summed E-state index contributed by atoms with van der Waals surface area (Å²) in [5.41, 5.74) is -0.456. The quantitative estimate of drug-likeness (QED) is 0.547. The molecule has 1 aromatic heterocycles. The lowest BCUT2D eigenvalue weighted by Crippen LogP contribution is -2.43. The predicted molar refractivity (Wildman–Crippen MR) is 121 cm³/mol. The summed E-state index contributed by atoms with van der Waals surface area (Å²) < 4.78 is 7.55. The van der Waals surface area contributed by atoms with E-state index in [-0.39, 0.29) is 12.1 Å². The van der Waals surface area contributed by atoms with Crippen molar-refractivity contribution in [3.63, 3.8) is 0 Å². The molecule has 1 saturated heterocycles. The van der Waals surface area contributed by atoms with Gasteiger partial charge in [0.05, 0.1) is 6.04 Å². The number of fused-ring (bicyclic) bond motifs is 1. The zero-order chi connectivity index (χ0) is 22.4. The molecule has 3 heterocycles. The molecule has 0 aliphatic carbocycles. The number of hydrogen-bond acceptors (Lipinski definition) is 5. The van der Waals surface area contributed by atoms with Gasteiger partial charge < -0.3 is 20.3 Å². The molecule has 2 aliphatic rings.